The predicted octanol–water partition coefficient (Wildman–Crippen LogP) is 0.321. The summed E-state index contributed by atoms with van der Waals surface area (Å²) in [7, 11) is 1.80. The zero-order valence-electron chi connectivity index (χ0n) is 8.10. The molecule has 13 heavy (non-hydrogen) atoms. The standard InChI is InChI=1S/C8H16N4O/c1-3-4-7(5-9)13-8-10-6-12(2)11-8/h6-7H,3-5,9H2,1-2H3. The minimum absolute atomic E-state index is 0.0346. The van der Waals surface area contributed by atoms with Crippen molar-refractivity contribution in [3.63, 3.8) is 0 Å². The molecule has 0 saturated carbocycles. The average Bonchev–Trinajstić information content (AvgIpc) is 2.50. The molecule has 0 saturated heterocycles. The molecule has 1 unspecified atom stereocenters. The molecule has 0 amide bonds. The molecule has 1 heterocycles. The molecule has 0 aromatic carbocycles. The van der Waals surface area contributed by atoms with E-state index in [-0.39, 0.29) is 6.10 Å². The van der Waals surface area contributed by atoms with E-state index in [1.807, 2.05) is 0 Å². The van der Waals surface area contributed by atoms with Crippen molar-refractivity contribution in [2.24, 2.45) is 12.8 Å². The van der Waals surface area contributed by atoms with Crippen LogP contribution < -0.4 is 10.5 Å². The number of aryl methyl sites for hydroxylation is 1. The minimum Gasteiger partial charge on any atom is -0.458 e. The lowest BCUT2D eigenvalue weighted by molar-refractivity contribution is 0.181. The first-order chi connectivity index (χ1) is 6.26. The molecule has 2 N–H and O–H groups in total. The Bertz CT molecular complexity index is 248. The topological polar surface area (TPSA) is 66.0 Å². The van der Waals surface area contributed by atoms with Crippen LogP contribution in [-0.4, -0.2) is 27.4 Å². The van der Waals surface area contributed by atoms with Crippen LogP contribution in [0.25, 0.3) is 0 Å². The molecule has 1 aromatic heterocycles. The first kappa shape index (κ1) is 9.98. The molecule has 0 aliphatic heterocycles. The quantitative estimate of drug-likeness (QED) is 0.715. The summed E-state index contributed by atoms with van der Waals surface area (Å²) in [6.07, 6.45) is 3.63. The van der Waals surface area contributed by atoms with Gasteiger partial charge in [0.15, 0.2) is 0 Å². The Morgan fingerprint density at radius 3 is 2.92 bits per heavy atom. The molecule has 0 spiro atoms. The van der Waals surface area contributed by atoms with E-state index in [1.54, 1.807) is 18.1 Å². The van der Waals surface area contributed by atoms with Crippen molar-refractivity contribution in [2.75, 3.05) is 6.54 Å². The van der Waals surface area contributed by atoms with Crippen molar-refractivity contribution in [1.29, 1.82) is 0 Å². The highest BCUT2D eigenvalue weighted by Gasteiger charge is 2.09. The molecule has 0 aliphatic carbocycles. The maximum Gasteiger partial charge on any atom is 0.335 e. The predicted molar refractivity (Wildman–Crippen MR) is 49.4 cm³/mol. The van der Waals surface area contributed by atoms with Gasteiger partial charge in [0.2, 0.25) is 0 Å². The van der Waals surface area contributed by atoms with Crippen LogP contribution in [0.4, 0.5) is 0 Å². The van der Waals surface area contributed by atoms with Gasteiger partial charge in [-0.3, -0.25) is 4.68 Å². The molecule has 5 nitrogen and oxygen atoms in total. The van der Waals surface area contributed by atoms with Gasteiger partial charge in [0, 0.05) is 13.6 Å². The summed E-state index contributed by atoms with van der Waals surface area (Å²) >= 11 is 0. The second kappa shape index (κ2) is 4.81. The number of hydrogen-bond donors (Lipinski definition) is 1. The van der Waals surface area contributed by atoms with Crippen LogP contribution in [0, 0.1) is 0 Å². The van der Waals surface area contributed by atoms with Crippen LogP contribution in [0.2, 0.25) is 0 Å². The molecule has 1 aromatic rings. The summed E-state index contributed by atoms with van der Waals surface area (Å²) < 4.78 is 7.06. The second-order valence-corrected chi connectivity index (χ2v) is 2.97. The van der Waals surface area contributed by atoms with Crippen LogP contribution in [0.3, 0.4) is 0 Å². The number of nitrogens with two attached hydrogens (primary N) is 1. The number of aromatic nitrogens is 3. The summed E-state index contributed by atoms with van der Waals surface area (Å²) in [5.41, 5.74) is 5.53. The monoisotopic (exact) mass is 184 g/mol. The third-order valence-electron chi connectivity index (χ3n) is 1.72. The fraction of sp³-hybridized carbons (Fsp3) is 0.750. The molecule has 74 valence electrons. The number of ether oxygens (including phenoxy) is 1. The summed E-state index contributed by atoms with van der Waals surface area (Å²) in [6.45, 7) is 2.60. The van der Waals surface area contributed by atoms with E-state index < -0.39 is 0 Å². The van der Waals surface area contributed by atoms with Crippen LogP contribution in [0.1, 0.15) is 19.8 Å². The van der Waals surface area contributed by atoms with Crippen LogP contribution >= 0.6 is 0 Å². The Hall–Kier alpha value is -1.10. The Labute approximate surface area is 77.9 Å². The molecule has 0 bridgehead atoms. The third kappa shape index (κ3) is 3.02. The first-order valence-electron chi connectivity index (χ1n) is 4.48. The summed E-state index contributed by atoms with van der Waals surface area (Å²) in [6, 6.07) is 0.409. The van der Waals surface area contributed by atoms with Gasteiger partial charge in [0.1, 0.15) is 12.4 Å². The van der Waals surface area contributed by atoms with Gasteiger partial charge in [-0.1, -0.05) is 13.3 Å². The molecule has 0 radical (unpaired) electrons. The van der Waals surface area contributed by atoms with Crippen molar-refractivity contribution < 1.29 is 4.74 Å². The van der Waals surface area contributed by atoms with Gasteiger partial charge in [0.25, 0.3) is 0 Å². The Morgan fingerprint density at radius 2 is 2.46 bits per heavy atom. The van der Waals surface area contributed by atoms with Crippen molar-refractivity contribution in [1.82, 2.24) is 14.8 Å². The van der Waals surface area contributed by atoms with Crippen molar-refractivity contribution in [2.45, 2.75) is 25.9 Å². The Balaban J connectivity index is 2.46. The highest BCUT2D eigenvalue weighted by Crippen LogP contribution is 2.06. The van der Waals surface area contributed by atoms with E-state index in [4.69, 9.17) is 10.5 Å². The lowest BCUT2D eigenvalue weighted by Gasteiger charge is -2.12. The van der Waals surface area contributed by atoms with Crippen LogP contribution in [0.5, 0.6) is 6.01 Å². The van der Waals surface area contributed by atoms with Crippen LogP contribution in [-0.2, 0) is 7.05 Å². The lowest BCUT2D eigenvalue weighted by atomic mass is 10.2. The molecule has 0 aliphatic rings. The molecule has 1 rings (SSSR count). The van der Waals surface area contributed by atoms with Gasteiger partial charge in [0.05, 0.1) is 0 Å². The highest BCUT2D eigenvalue weighted by atomic mass is 16.5. The van der Waals surface area contributed by atoms with Crippen molar-refractivity contribution in [3.8, 4) is 6.01 Å². The average molecular weight is 184 g/mol. The smallest absolute Gasteiger partial charge is 0.335 e. The van der Waals surface area contributed by atoms with Gasteiger partial charge < -0.3 is 10.5 Å². The summed E-state index contributed by atoms with van der Waals surface area (Å²) in [5, 5.41) is 4.01. The second-order valence-electron chi connectivity index (χ2n) is 2.97. The zero-order valence-corrected chi connectivity index (χ0v) is 8.10. The van der Waals surface area contributed by atoms with Gasteiger partial charge in [-0.2, -0.15) is 4.98 Å². The van der Waals surface area contributed by atoms with Crippen LogP contribution in [0.15, 0.2) is 6.33 Å². The Kier molecular flexibility index (Phi) is 3.70. The third-order valence-corrected chi connectivity index (χ3v) is 1.72. The highest BCUT2D eigenvalue weighted by molar-refractivity contribution is 4.88. The number of hydrogen-bond acceptors (Lipinski definition) is 4. The van der Waals surface area contributed by atoms with Crippen molar-refractivity contribution >= 4 is 0 Å². The molecule has 5 heteroatoms. The van der Waals surface area contributed by atoms with Gasteiger partial charge in [-0.25, -0.2) is 0 Å². The van der Waals surface area contributed by atoms with Gasteiger partial charge in [-0.15, -0.1) is 5.10 Å². The van der Waals surface area contributed by atoms with Gasteiger partial charge in [-0.05, 0) is 6.42 Å². The van der Waals surface area contributed by atoms with E-state index in [0.29, 0.717) is 12.6 Å². The first-order valence-corrected chi connectivity index (χ1v) is 4.48. The lowest BCUT2D eigenvalue weighted by Crippen LogP contribution is -2.26. The fourth-order valence-corrected chi connectivity index (χ4v) is 1.07. The largest absolute Gasteiger partial charge is 0.458 e. The summed E-state index contributed by atoms with van der Waals surface area (Å²) in [4.78, 5) is 3.96. The zero-order chi connectivity index (χ0) is 9.68. The number of nitrogens with zero attached hydrogens (tertiary/aromatic N) is 3. The maximum atomic E-state index is 5.53. The van der Waals surface area contributed by atoms with E-state index in [1.165, 1.54) is 0 Å². The normalized spacial score (nSPS) is 12.8. The van der Waals surface area contributed by atoms with Crippen molar-refractivity contribution in [3.05, 3.63) is 6.33 Å². The molecule has 0 fully saturated rings. The van der Waals surface area contributed by atoms with Gasteiger partial charge >= 0.3 is 6.01 Å². The molecule has 1 atom stereocenters. The van der Waals surface area contributed by atoms with E-state index in [9.17, 15) is 0 Å². The SMILES string of the molecule is CCCC(CN)Oc1ncn(C)n1. The number of rotatable bonds is 5. The van der Waals surface area contributed by atoms with E-state index in [2.05, 4.69) is 17.0 Å². The fourth-order valence-electron chi connectivity index (χ4n) is 1.07. The molecular formula is C8H16N4O. The van der Waals surface area contributed by atoms with E-state index in [0.717, 1.165) is 12.8 Å². The molecular weight excluding hydrogens is 168 g/mol. The summed E-state index contributed by atoms with van der Waals surface area (Å²) in [5.74, 6) is 0. The minimum atomic E-state index is 0.0346. The van der Waals surface area contributed by atoms with E-state index >= 15 is 0 Å². The Morgan fingerprint density at radius 1 is 1.69 bits per heavy atom. The maximum absolute atomic E-state index is 5.53.